The van der Waals surface area contributed by atoms with Gasteiger partial charge in [0.25, 0.3) is 0 Å². The maximum atomic E-state index is 12.1. The maximum absolute atomic E-state index is 12.1. The molecule has 0 aliphatic carbocycles. The lowest BCUT2D eigenvalue weighted by Crippen LogP contribution is -2.33. The van der Waals surface area contributed by atoms with Crippen molar-refractivity contribution in [3.05, 3.63) is 39.7 Å². The molecule has 0 aromatic heterocycles. The third-order valence-corrected chi connectivity index (χ3v) is 6.08. The summed E-state index contributed by atoms with van der Waals surface area (Å²) < 4.78 is 26.6. The van der Waals surface area contributed by atoms with E-state index in [1.165, 1.54) is 9.71 Å². The van der Waals surface area contributed by atoms with Crippen LogP contribution in [0.15, 0.2) is 34.1 Å². The number of sulfonamides is 1. The van der Waals surface area contributed by atoms with Crippen molar-refractivity contribution in [2.75, 3.05) is 18.2 Å². The van der Waals surface area contributed by atoms with E-state index in [4.69, 9.17) is 0 Å². The van der Waals surface area contributed by atoms with Gasteiger partial charge in [-0.2, -0.15) is 4.31 Å². The second kappa shape index (κ2) is 6.23. The molecule has 98 valence electrons. The molecule has 0 amide bonds. The highest BCUT2D eigenvalue weighted by molar-refractivity contribution is 9.10. The second-order valence-electron chi connectivity index (χ2n) is 3.94. The summed E-state index contributed by atoms with van der Waals surface area (Å²) in [4.78, 5) is 0. The standard InChI is InChI=1S/C12H14BrNO2S2/c13-12-5-2-1-4-11(12)6-9-18(15,16)14-7-3-8-17-10-14/h1-2,4-6,9H,3,7-8,10H2/b9-6+. The maximum Gasteiger partial charge on any atom is 0.236 e. The minimum Gasteiger partial charge on any atom is -0.207 e. The van der Waals surface area contributed by atoms with Crippen LogP contribution >= 0.6 is 27.7 Å². The number of halogens is 1. The van der Waals surface area contributed by atoms with E-state index in [0.717, 1.165) is 22.2 Å². The molecule has 18 heavy (non-hydrogen) atoms. The minimum atomic E-state index is -3.29. The van der Waals surface area contributed by atoms with E-state index in [1.807, 2.05) is 24.3 Å². The van der Waals surface area contributed by atoms with Crippen LogP contribution in [-0.4, -0.2) is 30.9 Å². The molecule has 1 saturated heterocycles. The third kappa shape index (κ3) is 3.60. The van der Waals surface area contributed by atoms with Crippen molar-refractivity contribution in [3.8, 4) is 0 Å². The topological polar surface area (TPSA) is 37.4 Å². The van der Waals surface area contributed by atoms with E-state index in [1.54, 1.807) is 17.8 Å². The van der Waals surface area contributed by atoms with Gasteiger partial charge in [-0.1, -0.05) is 34.1 Å². The number of hydrogen-bond acceptors (Lipinski definition) is 3. The summed E-state index contributed by atoms with van der Waals surface area (Å²) in [6.07, 6.45) is 2.56. The monoisotopic (exact) mass is 347 g/mol. The normalized spacial score (nSPS) is 18.3. The highest BCUT2D eigenvalue weighted by Crippen LogP contribution is 2.21. The van der Waals surface area contributed by atoms with Gasteiger partial charge in [0.05, 0.1) is 5.88 Å². The van der Waals surface area contributed by atoms with E-state index < -0.39 is 10.0 Å². The Morgan fingerprint density at radius 3 is 2.78 bits per heavy atom. The molecule has 0 spiro atoms. The Labute approximate surface area is 120 Å². The largest absolute Gasteiger partial charge is 0.236 e. The van der Waals surface area contributed by atoms with Crippen molar-refractivity contribution in [3.63, 3.8) is 0 Å². The summed E-state index contributed by atoms with van der Waals surface area (Å²) in [7, 11) is -3.29. The Bertz CT molecular complexity index is 537. The van der Waals surface area contributed by atoms with Gasteiger partial charge in [0.1, 0.15) is 0 Å². The van der Waals surface area contributed by atoms with Crippen LogP contribution in [0.5, 0.6) is 0 Å². The third-order valence-electron chi connectivity index (χ3n) is 2.62. The molecular weight excluding hydrogens is 334 g/mol. The molecule has 6 heteroatoms. The van der Waals surface area contributed by atoms with Crippen molar-refractivity contribution in [1.82, 2.24) is 4.31 Å². The first kappa shape index (κ1) is 14.1. The molecule has 1 heterocycles. The predicted octanol–water partition coefficient (Wildman–Crippen LogP) is 3.15. The van der Waals surface area contributed by atoms with Crippen molar-refractivity contribution in [2.24, 2.45) is 0 Å². The average Bonchev–Trinajstić information content (AvgIpc) is 2.39. The van der Waals surface area contributed by atoms with Gasteiger partial charge < -0.3 is 0 Å². The molecule has 1 fully saturated rings. The molecule has 0 unspecified atom stereocenters. The summed E-state index contributed by atoms with van der Waals surface area (Å²) in [5.74, 6) is 1.60. The number of nitrogens with zero attached hydrogens (tertiary/aromatic N) is 1. The Kier molecular flexibility index (Phi) is 4.89. The van der Waals surface area contributed by atoms with Crippen LogP contribution in [-0.2, 0) is 10.0 Å². The molecule has 1 aliphatic rings. The molecule has 0 atom stereocenters. The molecule has 0 radical (unpaired) electrons. The lowest BCUT2D eigenvalue weighted by molar-refractivity contribution is 0.458. The highest BCUT2D eigenvalue weighted by Gasteiger charge is 2.21. The lowest BCUT2D eigenvalue weighted by Gasteiger charge is -2.23. The van der Waals surface area contributed by atoms with Crippen LogP contribution in [0.1, 0.15) is 12.0 Å². The van der Waals surface area contributed by atoms with Crippen LogP contribution in [0.2, 0.25) is 0 Å². The molecular formula is C12H14BrNO2S2. The van der Waals surface area contributed by atoms with E-state index in [9.17, 15) is 8.42 Å². The van der Waals surface area contributed by atoms with Gasteiger partial charge in [0.2, 0.25) is 10.0 Å². The van der Waals surface area contributed by atoms with Crippen molar-refractivity contribution in [2.45, 2.75) is 6.42 Å². The van der Waals surface area contributed by atoms with Crippen LogP contribution in [0.4, 0.5) is 0 Å². The summed E-state index contributed by atoms with van der Waals surface area (Å²) in [6.45, 7) is 0.621. The van der Waals surface area contributed by atoms with Gasteiger partial charge in [0, 0.05) is 16.4 Å². The Morgan fingerprint density at radius 1 is 1.33 bits per heavy atom. The van der Waals surface area contributed by atoms with Crippen molar-refractivity contribution < 1.29 is 8.42 Å². The number of benzene rings is 1. The fraction of sp³-hybridized carbons (Fsp3) is 0.333. The van der Waals surface area contributed by atoms with E-state index in [0.29, 0.717) is 12.4 Å². The zero-order valence-corrected chi connectivity index (χ0v) is 13.0. The number of thioether (sulfide) groups is 1. The second-order valence-corrected chi connectivity index (χ2v) is 7.68. The fourth-order valence-electron chi connectivity index (χ4n) is 1.63. The first-order valence-corrected chi connectivity index (χ1v) is 9.05. The quantitative estimate of drug-likeness (QED) is 0.842. The minimum absolute atomic E-state index is 0.558. The Hall–Kier alpha value is -0.300. The molecule has 2 rings (SSSR count). The van der Waals surface area contributed by atoms with Gasteiger partial charge in [-0.3, -0.25) is 0 Å². The molecule has 1 aromatic rings. The molecule has 0 bridgehead atoms. The summed E-state index contributed by atoms with van der Waals surface area (Å²) in [6, 6.07) is 7.55. The van der Waals surface area contributed by atoms with Crippen LogP contribution in [0.3, 0.4) is 0 Å². The summed E-state index contributed by atoms with van der Waals surface area (Å²) in [5.41, 5.74) is 0.866. The van der Waals surface area contributed by atoms with E-state index in [2.05, 4.69) is 15.9 Å². The summed E-state index contributed by atoms with van der Waals surface area (Å²) in [5, 5.41) is 1.29. The van der Waals surface area contributed by atoms with Gasteiger partial charge in [-0.25, -0.2) is 8.42 Å². The van der Waals surface area contributed by atoms with E-state index in [-0.39, 0.29) is 0 Å². The SMILES string of the molecule is O=S(=O)(/C=C/c1ccccc1Br)N1CCCSC1. The van der Waals surface area contributed by atoms with Crippen LogP contribution in [0.25, 0.3) is 6.08 Å². The molecule has 1 aromatic carbocycles. The lowest BCUT2D eigenvalue weighted by atomic mass is 10.2. The van der Waals surface area contributed by atoms with Gasteiger partial charge >= 0.3 is 0 Å². The average molecular weight is 348 g/mol. The first-order chi connectivity index (χ1) is 8.59. The molecule has 0 N–H and O–H groups in total. The van der Waals surface area contributed by atoms with Gasteiger partial charge in [0.15, 0.2) is 0 Å². The van der Waals surface area contributed by atoms with Crippen molar-refractivity contribution in [1.29, 1.82) is 0 Å². The first-order valence-electron chi connectivity index (χ1n) is 5.60. The molecule has 1 aliphatic heterocycles. The Balaban J connectivity index is 2.15. The van der Waals surface area contributed by atoms with Gasteiger partial charge in [-0.15, -0.1) is 11.8 Å². The predicted molar refractivity (Wildman–Crippen MR) is 80.7 cm³/mol. The molecule has 0 saturated carbocycles. The smallest absolute Gasteiger partial charge is 0.207 e. The van der Waals surface area contributed by atoms with Gasteiger partial charge in [-0.05, 0) is 29.9 Å². The molecule has 3 nitrogen and oxygen atoms in total. The zero-order chi connectivity index (χ0) is 13.0. The fourth-order valence-corrected chi connectivity index (χ4v) is 4.53. The van der Waals surface area contributed by atoms with E-state index >= 15 is 0 Å². The zero-order valence-electron chi connectivity index (χ0n) is 9.75. The summed E-state index contributed by atoms with van der Waals surface area (Å²) >= 11 is 5.05. The van der Waals surface area contributed by atoms with Crippen molar-refractivity contribution >= 4 is 43.8 Å². The highest BCUT2D eigenvalue weighted by atomic mass is 79.9. The van der Waals surface area contributed by atoms with Crippen LogP contribution < -0.4 is 0 Å². The number of hydrogen-bond donors (Lipinski definition) is 0. The Morgan fingerprint density at radius 2 is 2.11 bits per heavy atom. The van der Waals surface area contributed by atoms with Crippen LogP contribution in [0, 0.1) is 0 Å². The number of rotatable bonds is 3.